The van der Waals surface area contributed by atoms with Gasteiger partial charge >= 0.3 is 0 Å². The predicted molar refractivity (Wildman–Crippen MR) is 127 cm³/mol. The molecule has 2 aromatic carbocycles. The van der Waals surface area contributed by atoms with Gasteiger partial charge in [0.1, 0.15) is 0 Å². The minimum absolute atomic E-state index is 0.00875. The van der Waals surface area contributed by atoms with Crippen molar-refractivity contribution >= 4 is 17.5 Å². The Morgan fingerprint density at radius 2 is 1.88 bits per heavy atom. The molecule has 4 rings (SSSR count). The van der Waals surface area contributed by atoms with E-state index >= 15 is 0 Å². The highest BCUT2D eigenvalue weighted by molar-refractivity contribution is 6.30. The molecule has 1 fully saturated rings. The molecule has 0 spiro atoms. The summed E-state index contributed by atoms with van der Waals surface area (Å²) in [4.78, 5) is 18.5. The third-order valence-electron chi connectivity index (χ3n) is 6.04. The molecule has 3 atom stereocenters. The van der Waals surface area contributed by atoms with Crippen LogP contribution in [0.25, 0.3) is 0 Å². The number of aromatic nitrogens is 1. The van der Waals surface area contributed by atoms with Crippen LogP contribution in [0.3, 0.4) is 0 Å². The number of amides is 1. The number of hydrogen-bond acceptors (Lipinski definition) is 4. The number of rotatable bonds is 7. The van der Waals surface area contributed by atoms with E-state index in [1.165, 1.54) is 5.56 Å². The van der Waals surface area contributed by atoms with E-state index in [1.54, 1.807) is 24.3 Å². The van der Waals surface area contributed by atoms with Crippen LogP contribution < -0.4 is 5.32 Å². The first kappa shape index (κ1) is 22.5. The SMILES string of the molecule is CN(Cc1cccnc1)C(=O)c1ccc(C[C@@H]2CC[C@H](C(O)c3ccc(Cl)cc3)N2)cc1. The molecular weight excluding hydrogens is 422 g/mol. The second-order valence-electron chi connectivity index (χ2n) is 8.47. The Hall–Kier alpha value is -2.73. The lowest BCUT2D eigenvalue weighted by atomic mass is 10.0. The molecule has 0 bridgehead atoms. The van der Waals surface area contributed by atoms with Crippen molar-refractivity contribution in [3.05, 3.63) is 100 Å². The topological polar surface area (TPSA) is 65.5 Å². The molecule has 32 heavy (non-hydrogen) atoms. The van der Waals surface area contributed by atoms with Gasteiger partial charge in [0, 0.05) is 48.7 Å². The number of aliphatic hydroxyl groups excluding tert-OH is 1. The van der Waals surface area contributed by atoms with Gasteiger partial charge in [0.05, 0.1) is 6.10 Å². The fourth-order valence-corrected chi connectivity index (χ4v) is 4.40. The molecule has 1 aliphatic rings. The van der Waals surface area contributed by atoms with Gasteiger partial charge in [-0.3, -0.25) is 9.78 Å². The second-order valence-corrected chi connectivity index (χ2v) is 8.90. The van der Waals surface area contributed by atoms with Crippen LogP contribution in [0.1, 0.15) is 46.0 Å². The number of carbonyl (C=O) groups excluding carboxylic acids is 1. The van der Waals surface area contributed by atoms with Crippen molar-refractivity contribution < 1.29 is 9.90 Å². The first-order valence-corrected chi connectivity index (χ1v) is 11.3. The molecule has 2 N–H and O–H groups in total. The van der Waals surface area contributed by atoms with Crippen LogP contribution in [-0.4, -0.2) is 40.0 Å². The number of nitrogens with zero attached hydrogens (tertiary/aromatic N) is 2. The molecule has 0 radical (unpaired) electrons. The summed E-state index contributed by atoms with van der Waals surface area (Å²) in [5.74, 6) is -0.00875. The zero-order valence-corrected chi connectivity index (χ0v) is 18.9. The highest BCUT2D eigenvalue weighted by Crippen LogP contribution is 2.27. The van der Waals surface area contributed by atoms with Gasteiger partial charge in [-0.05, 0) is 66.3 Å². The van der Waals surface area contributed by atoms with Gasteiger partial charge in [0.2, 0.25) is 0 Å². The van der Waals surface area contributed by atoms with Crippen molar-refractivity contribution in [2.75, 3.05) is 7.05 Å². The maximum atomic E-state index is 12.7. The average Bonchev–Trinajstić information content (AvgIpc) is 3.28. The summed E-state index contributed by atoms with van der Waals surface area (Å²) in [6, 6.07) is 19.4. The second kappa shape index (κ2) is 10.3. The lowest BCUT2D eigenvalue weighted by molar-refractivity contribution is 0.0785. The Balaban J connectivity index is 1.31. The summed E-state index contributed by atoms with van der Waals surface area (Å²) in [6.45, 7) is 0.526. The van der Waals surface area contributed by atoms with Crippen LogP contribution in [0, 0.1) is 0 Å². The summed E-state index contributed by atoms with van der Waals surface area (Å²) >= 11 is 5.95. The molecule has 166 valence electrons. The van der Waals surface area contributed by atoms with Gasteiger partial charge in [-0.15, -0.1) is 0 Å². The molecule has 0 saturated carbocycles. The minimum Gasteiger partial charge on any atom is -0.387 e. The van der Waals surface area contributed by atoms with Crippen LogP contribution in [0.15, 0.2) is 73.1 Å². The van der Waals surface area contributed by atoms with E-state index in [2.05, 4.69) is 10.3 Å². The van der Waals surface area contributed by atoms with E-state index in [0.717, 1.165) is 30.4 Å². The highest BCUT2D eigenvalue weighted by Gasteiger charge is 2.30. The molecule has 1 saturated heterocycles. The van der Waals surface area contributed by atoms with E-state index in [-0.39, 0.29) is 11.9 Å². The summed E-state index contributed by atoms with van der Waals surface area (Å²) in [6.07, 6.45) is 5.74. The Bertz CT molecular complexity index is 1030. The molecule has 6 heteroatoms. The maximum Gasteiger partial charge on any atom is 0.253 e. The number of nitrogens with one attached hydrogen (secondary N) is 1. The summed E-state index contributed by atoms with van der Waals surface area (Å²) in [7, 11) is 1.80. The van der Waals surface area contributed by atoms with Crippen LogP contribution in [0.4, 0.5) is 0 Å². The summed E-state index contributed by atoms with van der Waals surface area (Å²) in [5.41, 5.74) is 3.74. The third kappa shape index (κ3) is 5.54. The Morgan fingerprint density at radius 1 is 1.12 bits per heavy atom. The summed E-state index contributed by atoms with van der Waals surface area (Å²) in [5, 5.41) is 14.9. The molecule has 1 unspecified atom stereocenters. The fourth-order valence-electron chi connectivity index (χ4n) is 4.28. The van der Waals surface area contributed by atoms with Gasteiger partial charge in [-0.1, -0.05) is 41.9 Å². The molecule has 5 nitrogen and oxygen atoms in total. The maximum absolute atomic E-state index is 12.7. The van der Waals surface area contributed by atoms with Crippen molar-refractivity contribution in [3.8, 4) is 0 Å². The highest BCUT2D eigenvalue weighted by atomic mass is 35.5. The van der Waals surface area contributed by atoms with Crippen molar-refractivity contribution in [3.63, 3.8) is 0 Å². The standard InChI is InChI=1S/C26H28ClN3O2/c1-30(17-19-3-2-14-28-16-19)26(32)21-6-4-18(5-7-21)15-23-12-13-24(29-23)25(31)20-8-10-22(27)11-9-20/h2-11,14,16,23-25,29,31H,12-13,15,17H2,1H3/t23-,24+,25?/m0/s1. The molecule has 1 amide bonds. The lowest BCUT2D eigenvalue weighted by Gasteiger charge is -2.21. The number of pyridine rings is 1. The number of aliphatic hydroxyl groups is 1. The molecule has 0 aliphatic carbocycles. The number of halogens is 1. The first-order chi connectivity index (χ1) is 15.5. The van der Waals surface area contributed by atoms with Crippen molar-refractivity contribution in [2.45, 2.75) is 44.0 Å². The van der Waals surface area contributed by atoms with Crippen molar-refractivity contribution in [1.82, 2.24) is 15.2 Å². The molecule has 2 heterocycles. The van der Waals surface area contributed by atoms with Crippen molar-refractivity contribution in [2.24, 2.45) is 0 Å². The van der Waals surface area contributed by atoms with E-state index in [1.807, 2.05) is 60.7 Å². The van der Waals surface area contributed by atoms with Gasteiger partial charge in [-0.2, -0.15) is 0 Å². The third-order valence-corrected chi connectivity index (χ3v) is 6.29. The molecule has 1 aliphatic heterocycles. The fraction of sp³-hybridized carbons (Fsp3) is 0.308. The molecule has 1 aromatic heterocycles. The normalized spacial score (nSPS) is 19.0. The van der Waals surface area contributed by atoms with Crippen LogP contribution >= 0.6 is 11.6 Å². The Morgan fingerprint density at radius 3 is 2.56 bits per heavy atom. The Kier molecular flexibility index (Phi) is 7.20. The quantitative estimate of drug-likeness (QED) is 0.561. The van der Waals surface area contributed by atoms with Gasteiger partial charge in [0.25, 0.3) is 5.91 Å². The smallest absolute Gasteiger partial charge is 0.253 e. The summed E-state index contributed by atoms with van der Waals surface area (Å²) < 4.78 is 0. The van der Waals surface area contributed by atoms with Crippen molar-refractivity contribution in [1.29, 1.82) is 0 Å². The average molecular weight is 450 g/mol. The zero-order chi connectivity index (χ0) is 22.5. The zero-order valence-electron chi connectivity index (χ0n) is 18.1. The largest absolute Gasteiger partial charge is 0.387 e. The van der Waals surface area contributed by atoms with E-state index in [0.29, 0.717) is 23.2 Å². The van der Waals surface area contributed by atoms with Crippen LogP contribution in [0.2, 0.25) is 5.02 Å². The monoisotopic (exact) mass is 449 g/mol. The lowest BCUT2D eigenvalue weighted by Crippen LogP contribution is -2.35. The van der Waals surface area contributed by atoms with Crippen LogP contribution in [-0.2, 0) is 13.0 Å². The van der Waals surface area contributed by atoms with Gasteiger partial charge < -0.3 is 15.3 Å². The number of benzene rings is 2. The van der Waals surface area contributed by atoms with Crippen LogP contribution in [0.5, 0.6) is 0 Å². The number of hydrogen-bond donors (Lipinski definition) is 2. The van der Waals surface area contributed by atoms with E-state index in [9.17, 15) is 9.90 Å². The van der Waals surface area contributed by atoms with E-state index in [4.69, 9.17) is 11.6 Å². The number of carbonyl (C=O) groups is 1. The molecule has 3 aromatic rings. The van der Waals surface area contributed by atoms with E-state index < -0.39 is 6.10 Å². The molecular formula is C26H28ClN3O2. The predicted octanol–water partition coefficient (Wildman–Crippen LogP) is 4.40. The Labute approximate surface area is 194 Å². The van der Waals surface area contributed by atoms with Gasteiger partial charge in [0.15, 0.2) is 0 Å². The first-order valence-electron chi connectivity index (χ1n) is 10.9. The minimum atomic E-state index is -0.549. The van der Waals surface area contributed by atoms with Gasteiger partial charge in [-0.25, -0.2) is 0 Å².